The normalized spacial score (nSPS) is 24.3. The van der Waals surface area contributed by atoms with Crippen molar-refractivity contribution in [1.82, 2.24) is 14.9 Å². The third-order valence-corrected chi connectivity index (χ3v) is 5.77. The van der Waals surface area contributed by atoms with Gasteiger partial charge in [0.2, 0.25) is 11.9 Å². The number of anilines is 1. The highest BCUT2D eigenvalue weighted by Crippen LogP contribution is 2.35. The molecular formula is C18H22N4OS. The summed E-state index contributed by atoms with van der Waals surface area (Å²) in [7, 11) is 0. The lowest BCUT2D eigenvalue weighted by molar-refractivity contribution is -0.136. The van der Waals surface area contributed by atoms with E-state index in [1.165, 1.54) is 5.56 Å². The van der Waals surface area contributed by atoms with Crippen molar-refractivity contribution in [3.05, 3.63) is 40.8 Å². The van der Waals surface area contributed by atoms with Crippen LogP contribution in [0.25, 0.3) is 0 Å². The number of hydrogen-bond donors (Lipinski definition) is 0. The molecule has 6 heteroatoms. The Labute approximate surface area is 146 Å². The van der Waals surface area contributed by atoms with Gasteiger partial charge < -0.3 is 9.80 Å². The smallest absolute Gasteiger partial charge is 0.227 e. The number of thiophene rings is 1. The fourth-order valence-corrected chi connectivity index (χ4v) is 4.60. The summed E-state index contributed by atoms with van der Waals surface area (Å²) in [6.45, 7) is 2.55. The molecule has 1 amide bonds. The molecular weight excluding hydrogens is 320 g/mol. The Morgan fingerprint density at radius 3 is 2.79 bits per heavy atom. The molecule has 0 radical (unpaired) electrons. The molecule has 126 valence electrons. The molecule has 4 rings (SSSR count). The van der Waals surface area contributed by atoms with Crippen LogP contribution in [-0.2, 0) is 4.79 Å². The topological polar surface area (TPSA) is 49.3 Å². The second kappa shape index (κ2) is 6.89. The van der Waals surface area contributed by atoms with E-state index in [1.54, 1.807) is 23.7 Å². The minimum absolute atomic E-state index is 0.0572. The van der Waals surface area contributed by atoms with Gasteiger partial charge in [-0.2, -0.15) is 11.3 Å². The predicted octanol–water partition coefficient (Wildman–Crippen LogP) is 3.12. The number of carbonyl (C=O) groups excluding carboxylic acids is 1. The summed E-state index contributed by atoms with van der Waals surface area (Å²) in [5, 5.41) is 4.28. The van der Waals surface area contributed by atoms with Gasteiger partial charge in [0, 0.05) is 32.0 Å². The van der Waals surface area contributed by atoms with Crippen LogP contribution in [0.15, 0.2) is 35.3 Å². The van der Waals surface area contributed by atoms with Crippen molar-refractivity contribution in [3.8, 4) is 0 Å². The first kappa shape index (κ1) is 15.6. The highest BCUT2D eigenvalue weighted by Gasteiger charge is 2.36. The van der Waals surface area contributed by atoms with Crippen molar-refractivity contribution >= 4 is 23.2 Å². The molecule has 0 bridgehead atoms. The monoisotopic (exact) mass is 342 g/mol. The number of nitrogens with zero attached hydrogens (tertiary/aromatic N) is 4. The highest BCUT2D eigenvalue weighted by atomic mass is 32.1. The first-order valence-corrected chi connectivity index (χ1v) is 9.62. The molecule has 2 aliphatic rings. The number of rotatable bonds is 3. The van der Waals surface area contributed by atoms with Crippen LogP contribution in [0, 0.1) is 5.92 Å². The molecule has 2 saturated heterocycles. The van der Waals surface area contributed by atoms with Crippen LogP contribution in [0.1, 0.15) is 37.3 Å². The number of piperidine rings is 1. The molecule has 0 unspecified atom stereocenters. The summed E-state index contributed by atoms with van der Waals surface area (Å²) < 4.78 is 0. The largest absolute Gasteiger partial charge is 0.340 e. The van der Waals surface area contributed by atoms with Crippen molar-refractivity contribution in [2.45, 2.75) is 31.7 Å². The van der Waals surface area contributed by atoms with Crippen LogP contribution < -0.4 is 4.90 Å². The summed E-state index contributed by atoms with van der Waals surface area (Å²) in [6.07, 6.45) is 7.70. The molecule has 5 nitrogen and oxygen atoms in total. The first-order valence-electron chi connectivity index (χ1n) is 8.67. The molecule has 0 aliphatic carbocycles. The standard InChI is InChI=1S/C18H22N4OS/c23-17(22-10-2-5-16(22)15-6-11-24-13-15)14-4-1-9-21(12-14)18-19-7-3-8-20-18/h3,6-8,11,13-14,16H,1-2,4-5,9-10,12H2/t14-,16-/m1/s1. The maximum absolute atomic E-state index is 13.1. The third-order valence-electron chi connectivity index (χ3n) is 5.07. The van der Waals surface area contributed by atoms with Crippen molar-refractivity contribution < 1.29 is 4.79 Å². The first-order chi connectivity index (χ1) is 11.8. The van der Waals surface area contributed by atoms with E-state index >= 15 is 0 Å². The van der Waals surface area contributed by atoms with E-state index in [-0.39, 0.29) is 12.0 Å². The van der Waals surface area contributed by atoms with Gasteiger partial charge in [-0.3, -0.25) is 4.79 Å². The Morgan fingerprint density at radius 1 is 1.17 bits per heavy atom. The highest BCUT2D eigenvalue weighted by molar-refractivity contribution is 7.07. The maximum atomic E-state index is 13.1. The summed E-state index contributed by atoms with van der Waals surface area (Å²) in [5.41, 5.74) is 1.30. The van der Waals surface area contributed by atoms with Gasteiger partial charge in [0.15, 0.2) is 0 Å². The van der Waals surface area contributed by atoms with Gasteiger partial charge >= 0.3 is 0 Å². The summed E-state index contributed by atoms with van der Waals surface area (Å²) in [6, 6.07) is 4.25. The number of amides is 1. The zero-order valence-corrected chi connectivity index (χ0v) is 14.5. The lowest BCUT2D eigenvalue weighted by Gasteiger charge is -2.35. The van der Waals surface area contributed by atoms with Gasteiger partial charge in [0.25, 0.3) is 0 Å². The molecule has 24 heavy (non-hydrogen) atoms. The van der Waals surface area contributed by atoms with E-state index in [1.807, 2.05) is 6.07 Å². The molecule has 0 spiro atoms. The minimum atomic E-state index is 0.0572. The number of likely N-dealkylation sites (tertiary alicyclic amines) is 1. The second-order valence-corrected chi connectivity index (χ2v) is 7.36. The molecule has 2 atom stereocenters. The second-order valence-electron chi connectivity index (χ2n) is 6.58. The van der Waals surface area contributed by atoms with Crippen LogP contribution in [0.2, 0.25) is 0 Å². The fraction of sp³-hybridized carbons (Fsp3) is 0.500. The Balaban J connectivity index is 1.47. The molecule has 4 heterocycles. The van der Waals surface area contributed by atoms with Crippen LogP contribution in [0.4, 0.5) is 5.95 Å². The van der Waals surface area contributed by atoms with Gasteiger partial charge in [-0.1, -0.05) is 0 Å². The average Bonchev–Trinajstić information content (AvgIpc) is 3.33. The average molecular weight is 342 g/mol. The molecule has 0 aromatic carbocycles. The predicted molar refractivity (Wildman–Crippen MR) is 95.0 cm³/mol. The van der Waals surface area contributed by atoms with Crippen molar-refractivity contribution in [2.75, 3.05) is 24.5 Å². The fourth-order valence-electron chi connectivity index (χ4n) is 3.89. The van der Waals surface area contributed by atoms with Gasteiger partial charge in [0.1, 0.15) is 0 Å². The van der Waals surface area contributed by atoms with Crippen molar-refractivity contribution in [3.63, 3.8) is 0 Å². The Morgan fingerprint density at radius 2 is 2.00 bits per heavy atom. The number of aromatic nitrogens is 2. The van der Waals surface area contributed by atoms with E-state index in [2.05, 4.69) is 36.6 Å². The zero-order valence-electron chi connectivity index (χ0n) is 13.7. The Bertz CT molecular complexity index is 676. The summed E-state index contributed by atoms with van der Waals surface area (Å²) >= 11 is 1.71. The van der Waals surface area contributed by atoms with Crippen molar-refractivity contribution in [2.24, 2.45) is 5.92 Å². The summed E-state index contributed by atoms with van der Waals surface area (Å²) in [5.74, 6) is 1.11. The molecule has 2 fully saturated rings. The lowest BCUT2D eigenvalue weighted by Crippen LogP contribution is -2.45. The van der Waals surface area contributed by atoms with Crippen LogP contribution in [0.5, 0.6) is 0 Å². The SMILES string of the molecule is O=C([C@@H]1CCCN(c2ncccn2)C1)N1CCC[C@@H]1c1ccsc1. The molecule has 2 aliphatic heterocycles. The van der Waals surface area contributed by atoms with Crippen molar-refractivity contribution in [1.29, 1.82) is 0 Å². The van der Waals surface area contributed by atoms with E-state index < -0.39 is 0 Å². The van der Waals surface area contributed by atoms with Crippen LogP contribution >= 0.6 is 11.3 Å². The molecule has 2 aromatic heterocycles. The molecule has 2 aromatic rings. The quantitative estimate of drug-likeness (QED) is 0.860. The number of carbonyl (C=O) groups is 1. The van der Waals surface area contributed by atoms with Gasteiger partial charge in [0.05, 0.1) is 12.0 Å². The van der Waals surface area contributed by atoms with E-state index in [0.29, 0.717) is 5.91 Å². The van der Waals surface area contributed by atoms with E-state index in [4.69, 9.17) is 0 Å². The van der Waals surface area contributed by atoms with Gasteiger partial charge in [-0.05, 0) is 54.1 Å². The van der Waals surface area contributed by atoms with E-state index in [9.17, 15) is 4.79 Å². The Kier molecular flexibility index (Phi) is 4.47. The van der Waals surface area contributed by atoms with E-state index in [0.717, 1.165) is 51.3 Å². The third kappa shape index (κ3) is 3.02. The summed E-state index contributed by atoms with van der Waals surface area (Å²) in [4.78, 5) is 26.1. The Hall–Kier alpha value is -1.95. The van der Waals surface area contributed by atoms with Crippen LogP contribution in [0.3, 0.4) is 0 Å². The zero-order chi connectivity index (χ0) is 16.4. The van der Waals surface area contributed by atoms with Gasteiger partial charge in [-0.15, -0.1) is 0 Å². The molecule has 0 N–H and O–H groups in total. The maximum Gasteiger partial charge on any atom is 0.227 e. The molecule has 0 saturated carbocycles. The minimum Gasteiger partial charge on any atom is -0.340 e. The van der Waals surface area contributed by atoms with Gasteiger partial charge in [-0.25, -0.2) is 9.97 Å². The number of hydrogen-bond acceptors (Lipinski definition) is 5. The lowest BCUT2D eigenvalue weighted by atomic mass is 9.96. The van der Waals surface area contributed by atoms with Crippen LogP contribution in [-0.4, -0.2) is 40.4 Å².